The number of amides is 2. The van der Waals surface area contributed by atoms with E-state index in [1.54, 1.807) is 6.07 Å². The van der Waals surface area contributed by atoms with E-state index in [0.717, 1.165) is 36.6 Å². The third-order valence-electron chi connectivity index (χ3n) is 4.81. The van der Waals surface area contributed by atoms with E-state index < -0.39 is 0 Å². The molecular formula is C21H21N3O2S. The van der Waals surface area contributed by atoms with Gasteiger partial charge in [0.25, 0.3) is 11.8 Å². The summed E-state index contributed by atoms with van der Waals surface area (Å²) in [6, 6.07) is 15.3. The van der Waals surface area contributed by atoms with Crippen LogP contribution >= 0.6 is 11.8 Å². The van der Waals surface area contributed by atoms with Gasteiger partial charge in [-0.15, -0.1) is 0 Å². The number of carbonyl (C=O) groups is 2. The molecule has 6 heteroatoms. The molecule has 2 aliphatic rings. The number of hydrogen-bond acceptors (Lipinski definition) is 4. The maximum Gasteiger partial charge on any atom is 0.262 e. The molecule has 2 amide bonds. The lowest BCUT2D eigenvalue weighted by Gasteiger charge is -2.32. The molecule has 1 N–H and O–H groups in total. The van der Waals surface area contributed by atoms with Crippen molar-refractivity contribution in [3.8, 4) is 0 Å². The Morgan fingerprint density at radius 3 is 2.56 bits per heavy atom. The smallest absolute Gasteiger partial charge is 0.262 e. The molecule has 5 nitrogen and oxygen atoms in total. The fourth-order valence-corrected chi connectivity index (χ4v) is 4.12. The van der Waals surface area contributed by atoms with Crippen LogP contribution in [-0.2, 0) is 4.79 Å². The van der Waals surface area contributed by atoms with Crippen molar-refractivity contribution in [3.05, 3.63) is 64.6 Å². The molecule has 0 atom stereocenters. The molecule has 0 aliphatic carbocycles. The Labute approximate surface area is 163 Å². The summed E-state index contributed by atoms with van der Waals surface area (Å²) in [7, 11) is 2.06. The number of rotatable bonds is 2. The molecule has 2 heterocycles. The number of benzene rings is 2. The third kappa shape index (κ3) is 3.91. The van der Waals surface area contributed by atoms with E-state index in [9.17, 15) is 9.59 Å². The zero-order valence-corrected chi connectivity index (χ0v) is 16.0. The van der Waals surface area contributed by atoms with Gasteiger partial charge in [-0.3, -0.25) is 9.59 Å². The summed E-state index contributed by atoms with van der Waals surface area (Å²) in [4.78, 5) is 30.9. The van der Waals surface area contributed by atoms with Crippen molar-refractivity contribution >= 4 is 35.3 Å². The van der Waals surface area contributed by atoms with Crippen molar-refractivity contribution in [2.75, 3.05) is 38.5 Å². The molecule has 2 aliphatic heterocycles. The Bertz CT molecular complexity index is 903. The summed E-state index contributed by atoms with van der Waals surface area (Å²) >= 11 is 1.43. The summed E-state index contributed by atoms with van der Waals surface area (Å²) in [6.07, 6.45) is 1.88. The van der Waals surface area contributed by atoms with Gasteiger partial charge in [0.15, 0.2) is 0 Å². The average Bonchev–Trinajstić information content (AvgIpc) is 2.69. The molecule has 1 fully saturated rings. The van der Waals surface area contributed by atoms with E-state index in [1.165, 1.54) is 11.8 Å². The second-order valence-corrected chi connectivity index (χ2v) is 7.87. The molecule has 0 unspecified atom stereocenters. The summed E-state index contributed by atoms with van der Waals surface area (Å²) in [6.45, 7) is 3.24. The van der Waals surface area contributed by atoms with E-state index in [4.69, 9.17) is 0 Å². The van der Waals surface area contributed by atoms with Crippen molar-refractivity contribution in [2.24, 2.45) is 0 Å². The van der Waals surface area contributed by atoms with Crippen molar-refractivity contribution < 1.29 is 9.59 Å². The van der Waals surface area contributed by atoms with Crippen LogP contribution in [0.5, 0.6) is 0 Å². The number of nitrogens with zero attached hydrogens (tertiary/aromatic N) is 2. The van der Waals surface area contributed by atoms with E-state index in [2.05, 4.69) is 17.3 Å². The molecule has 0 radical (unpaired) electrons. The minimum absolute atomic E-state index is 0.0239. The molecule has 0 aromatic heterocycles. The highest BCUT2D eigenvalue weighted by molar-refractivity contribution is 8.04. The summed E-state index contributed by atoms with van der Waals surface area (Å²) in [5.74, 6) is -0.115. The average molecular weight is 379 g/mol. The first kappa shape index (κ1) is 17.8. The van der Waals surface area contributed by atoms with Gasteiger partial charge in [0.1, 0.15) is 0 Å². The summed E-state index contributed by atoms with van der Waals surface area (Å²) in [5.41, 5.74) is 2.31. The van der Waals surface area contributed by atoms with Gasteiger partial charge in [0.05, 0.1) is 10.6 Å². The Kier molecular flexibility index (Phi) is 5.01. The van der Waals surface area contributed by atoms with E-state index in [-0.39, 0.29) is 11.8 Å². The summed E-state index contributed by atoms with van der Waals surface area (Å²) < 4.78 is 0. The highest BCUT2D eigenvalue weighted by Gasteiger charge is 2.25. The standard InChI is InChI=1S/C21H21N3O2S/c1-23-9-11-24(12-10-23)21(26)16-7-8-18-17(14-16)22-20(25)19(27-18)13-15-5-3-2-4-6-15/h2-8,13-14H,9-12H2,1H3,(H,22,25). The molecular weight excluding hydrogens is 358 g/mol. The first-order chi connectivity index (χ1) is 13.1. The topological polar surface area (TPSA) is 52.6 Å². The van der Waals surface area contributed by atoms with Gasteiger partial charge in [0, 0.05) is 36.6 Å². The van der Waals surface area contributed by atoms with Gasteiger partial charge in [-0.25, -0.2) is 0 Å². The Morgan fingerprint density at radius 1 is 1.07 bits per heavy atom. The Hall–Kier alpha value is -2.57. The SMILES string of the molecule is CN1CCN(C(=O)c2ccc3c(c2)NC(=O)C(=Cc2ccccc2)S3)CC1. The highest BCUT2D eigenvalue weighted by atomic mass is 32.2. The number of hydrogen-bond donors (Lipinski definition) is 1. The van der Waals surface area contributed by atoms with Gasteiger partial charge in [-0.2, -0.15) is 0 Å². The maximum atomic E-state index is 12.8. The van der Waals surface area contributed by atoms with E-state index in [0.29, 0.717) is 16.2 Å². The van der Waals surface area contributed by atoms with Crippen LogP contribution in [0, 0.1) is 0 Å². The van der Waals surface area contributed by atoms with Crippen LogP contribution in [0.2, 0.25) is 0 Å². The minimum atomic E-state index is -0.138. The minimum Gasteiger partial charge on any atom is -0.336 e. The normalized spacial score (nSPS) is 18.9. The Morgan fingerprint density at radius 2 is 1.81 bits per heavy atom. The zero-order chi connectivity index (χ0) is 18.8. The molecule has 1 saturated heterocycles. The molecule has 27 heavy (non-hydrogen) atoms. The van der Waals surface area contributed by atoms with Crippen LogP contribution in [0.25, 0.3) is 6.08 Å². The van der Waals surface area contributed by atoms with Crippen LogP contribution in [0.1, 0.15) is 15.9 Å². The number of anilines is 1. The highest BCUT2D eigenvalue weighted by Crippen LogP contribution is 2.39. The van der Waals surface area contributed by atoms with Gasteiger partial charge in [0.2, 0.25) is 0 Å². The first-order valence-electron chi connectivity index (χ1n) is 8.98. The predicted molar refractivity (Wildman–Crippen MR) is 109 cm³/mol. The van der Waals surface area contributed by atoms with Gasteiger partial charge >= 0.3 is 0 Å². The molecule has 0 spiro atoms. The maximum absolute atomic E-state index is 12.8. The van der Waals surface area contributed by atoms with Crippen LogP contribution in [0.15, 0.2) is 58.3 Å². The first-order valence-corrected chi connectivity index (χ1v) is 9.79. The number of piperazine rings is 1. The van der Waals surface area contributed by atoms with Crippen LogP contribution in [0.4, 0.5) is 5.69 Å². The van der Waals surface area contributed by atoms with E-state index in [1.807, 2.05) is 53.4 Å². The van der Waals surface area contributed by atoms with Crippen LogP contribution < -0.4 is 5.32 Å². The van der Waals surface area contributed by atoms with Crippen molar-refractivity contribution in [1.82, 2.24) is 9.80 Å². The second kappa shape index (κ2) is 7.58. The van der Waals surface area contributed by atoms with Crippen LogP contribution in [0.3, 0.4) is 0 Å². The zero-order valence-electron chi connectivity index (χ0n) is 15.1. The number of thioether (sulfide) groups is 1. The molecule has 0 bridgehead atoms. The lowest BCUT2D eigenvalue weighted by atomic mass is 10.1. The molecule has 0 saturated carbocycles. The predicted octanol–water partition coefficient (Wildman–Crippen LogP) is 3.16. The van der Waals surface area contributed by atoms with Crippen molar-refractivity contribution in [2.45, 2.75) is 4.90 Å². The lowest BCUT2D eigenvalue weighted by Crippen LogP contribution is -2.47. The van der Waals surface area contributed by atoms with Crippen LogP contribution in [-0.4, -0.2) is 54.8 Å². The molecule has 2 aromatic rings. The largest absolute Gasteiger partial charge is 0.336 e. The number of nitrogens with one attached hydrogen (secondary N) is 1. The fourth-order valence-electron chi connectivity index (χ4n) is 3.19. The molecule has 4 rings (SSSR count). The fraction of sp³-hybridized carbons (Fsp3) is 0.238. The van der Waals surface area contributed by atoms with Gasteiger partial charge < -0.3 is 15.1 Å². The second-order valence-electron chi connectivity index (χ2n) is 6.78. The van der Waals surface area contributed by atoms with Gasteiger partial charge in [-0.1, -0.05) is 42.1 Å². The lowest BCUT2D eigenvalue weighted by molar-refractivity contribution is -0.112. The Balaban J connectivity index is 1.54. The van der Waals surface area contributed by atoms with Crippen molar-refractivity contribution in [3.63, 3.8) is 0 Å². The molecule has 138 valence electrons. The third-order valence-corrected chi connectivity index (χ3v) is 5.91. The van der Waals surface area contributed by atoms with E-state index >= 15 is 0 Å². The number of carbonyl (C=O) groups excluding carboxylic acids is 2. The summed E-state index contributed by atoms with van der Waals surface area (Å²) in [5, 5.41) is 2.93. The van der Waals surface area contributed by atoms with Gasteiger partial charge in [-0.05, 0) is 36.9 Å². The molecule has 2 aromatic carbocycles. The quantitative estimate of drug-likeness (QED) is 0.815. The monoisotopic (exact) mass is 379 g/mol. The number of likely N-dealkylation sites (N-methyl/N-ethyl adjacent to an activating group) is 1. The van der Waals surface area contributed by atoms with Crippen molar-refractivity contribution in [1.29, 1.82) is 0 Å². The number of fused-ring (bicyclic) bond motifs is 1.